The summed E-state index contributed by atoms with van der Waals surface area (Å²) in [5.41, 5.74) is 1.44. The molecule has 60 heavy (non-hydrogen) atoms. The monoisotopic (exact) mass is 968 g/mol. The fraction of sp³-hybridized carbons (Fsp3) is 0.0500. The van der Waals surface area contributed by atoms with Gasteiger partial charge in [0.15, 0.2) is 0 Å². The van der Waals surface area contributed by atoms with Crippen molar-refractivity contribution in [2.24, 2.45) is 10.3 Å². The summed E-state index contributed by atoms with van der Waals surface area (Å²) in [6.45, 7) is 0. The van der Waals surface area contributed by atoms with Crippen molar-refractivity contribution in [3.05, 3.63) is 163 Å². The summed E-state index contributed by atoms with van der Waals surface area (Å²) in [5.74, 6) is -0.197. The third-order valence-electron chi connectivity index (χ3n) is 7.90. The molecular formula is C40H30Cl6N4O8S2. The first kappa shape index (κ1) is 46.5. The average molecular weight is 972 g/mol. The summed E-state index contributed by atoms with van der Waals surface area (Å²) >= 11 is 36.1. The Bertz CT molecular complexity index is 2790. The lowest BCUT2D eigenvalue weighted by atomic mass is 10.1. The normalized spacial score (nSPS) is 11.2. The Balaban J connectivity index is 0.000000228. The zero-order chi connectivity index (χ0) is 43.8. The van der Waals surface area contributed by atoms with Crippen molar-refractivity contribution in [1.29, 1.82) is 0 Å². The van der Waals surface area contributed by atoms with Gasteiger partial charge in [0.05, 0.1) is 22.9 Å². The Morgan fingerprint density at radius 2 is 0.933 bits per heavy atom. The fourth-order valence-corrected chi connectivity index (χ4v) is 7.87. The number of ether oxygens (including phenoxy) is 2. The molecule has 0 fully saturated rings. The third-order valence-corrected chi connectivity index (χ3v) is 11.8. The smallest absolute Gasteiger partial charge is 0.241 e. The number of hydrogen-bond acceptors (Lipinski definition) is 8. The molecule has 0 saturated carbocycles. The molecule has 312 valence electrons. The number of rotatable bonds is 12. The van der Waals surface area contributed by atoms with Crippen LogP contribution in [0.5, 0.6) is 23.0 Å². The van der Waals surface area contributed by atoms with Crippen molar-refractivity contribution in [3.8, 4) is 23.0 Å². The molecule has 0 aliphatic rings. The third kappa shape index (κ3) is 13.2. The lowest BCUT2D eigenvalue weighted by molar-refractivity contribution is -0.116. The summed E-state index contributed by atoms with van der Waals surface area (Å²) in [5, 5.41) is 18.0. The van der Waals surface area contributed by atoms with Gasteiger partial charge in [0.1, 0.15) is 32.8 Å². The van der Waals surface area contributed by atoms with Crippen LogP contribution >= 0.6 is 69.6 Å². The van der Waals surface area contributed by atoms with Crippen LogP contribution in [0.3, 0.4) is 0 Å². The molecule has 6 aromatic carbocycles. The van der Waals surface area contributed by atoms with E-state index in [1.54, 1.807) is 72.8 Å². The molecule has 20 heteroatoms. The minimum Gasteiger partial charge on any atom is -0.456 e. The Labute approximate surface area is 375 Å². The zero-order valence-electron chi connectivity index (χ0n) is 30.5. The molecule has 0 aromatic heterocycles. The first-order chi connectivity index (χ1) is 28.3. The van der Waals surface area contributed by atoms with Crippen molar-refractivity contribution >= 4 is 113 Å². The number of benzene rings is 6. The van der Waals surface area contributed by atoms with E-state index >= 15 is 0 Å². The molecular weight excluding hydrogens is 941 g/mol. The number of carbonyl (C=O) groups excluding carboxylic acids is 2. The van der Waals surface area contributed by atoms with Crippen molar-refractivity contribution in [3.63, 3.8) is 0 Å². The topological polar surface area (TPSA) is 197 Å². The van der Waals surface area contributed by atoms with E-state index in [1.807, 2.05) is 0 Å². The summed E-state index contributed by atoms with van der Waals surface area (Å²) in [6, 6.07) is 31.0. The molecule has 0 aliphatic carbocycles. The zero-order valence-corrected chi connectivity index (χ0v) is 36.6. The van der Waals surface area contributed by atoms with E-state index in [9.17, 15) is 26.4 Å². The van der Waals surface area contributed by atoms with Gasteiger partial charge in [0.2, 0.25) is 31.9 Å². The van der Waals surface area contributed by atoms with E-state index in [4.69, 9.17) is 89.4 Å². The van der Waals surface area contributed by atoms with Crippen molar-refractivity contribution in [2.45, 2.75) is 22.6 Å². The summed E-state index contributed by atoms with van der Waals surface area (Å²) in [4.78, 5) is 24.2. The lowest BCUT2D eigenvalue weighted by Gasteiger charge is -2.13. The first-order valence-corrected chi connectivity index (χ1v) is 22.3. The molecule has 0 aliphatic heterocycles. The average Bonchev–Trinajstić information content (AvgIpc) is 3.16. The largest absolute Gasteiger partial charge is 0.456 e. The van der Waals surface area contributed by atoms with Gasteiger partial charge in [0, 0.05) is 31.5 Å². The van der Waals surface area contributed by atoms with Crippen LogP contribution in [-0.4, -0.2) is 28.6 Å². The molecule has 6 N–H and O–H groups in total. The van der Waals surface area contributed by atoms with Crippen LogP contribution in [0.25, 0.3) is 0 Å². The van der Waals surface area contributed by atoms with E-state index in [-0.39, 0.29) is 50.5 Å². The maximum absolute atomic E-state index is 12.4. The quantitative estimate of drug-likeness (QED) is 0.0929. The van der Waals surface area contributed by atoms with Crippen molar-refractivity contribution in [1.82, 2.24) is 0 Å². The van der Waals surface area contributed by atoms with E-state index in [1.165, 1.54) is 48.5 Å². The second-order valence-electron chi connectivity index (χ2n) is 12.4. The molecule has 0 unspecified atom stereocenters. The summed E-state index contributed by atoms with van der Waals surface area (Å²) in [7, 11) is -8.29. The second-order valence-corrected chi connectivity index (χ2v) is 17.9. The number of amides is 2. The van der Waals surface area contributed by atoms with Crippen LogP contribution in [0.1, 0.15) is 11.1 Å². The van der Waals surface area contributed by atoms with Crippen LogP contribution < -0.4 is 30.4 Å². The van der Waals surface area contributed by atoms with Crippen LogP contribution in [0.2, 0.25) is 30.1 Å². The van der Waals surface area contributed by atoms with Crippen LogP contribution in [-0.2, 0) is 42.5 Å². The van der Waals surface area contributed by atoms with Gasteiger partial charge in [-0.15, -0.1) is 0 Å². The molecule has 6 aromatic rings. The Morgan fingerprint density at radius 3 is 1.38 bits per heavy atom. The number of anilines is 2. The Kier molecular flexibility index (Phi) is 15.7. The number of carbonyl (C=O) groups is 2. The highest BCUT2D eigenvalue weighted by Gasteiger charge is 2.20. The van der Waals surface area contributed by atoms with Gasteiger partial charge in [-0.05, 0) is 102 Å². The van der Waals surface area contributed by atoms with Crippen LogP contribution in [0.4, 0.5) is 11.4 Å². The van der Waals surface area contributed by atoms with Crippen molar-refractivity contribution in [2.75, 3.05) is 10.6 Å². The molecule has 0 heterocycles. The van der Waals surface area contributed by atoms with E-state index in [2.05, 4.69) is 10.6 Å². The van der Waals surface area contributed by atoms with Gasteiger partial charge in [-0.2, -0.15) is 0 Å². The molecule has 0 bridgehead atoms. The Morgan fingerprint density at radius 1 is 0.517 bits per heavy atom. The van der Waals surface area contributed by atoms with Gasteiger partial charge < -0.3 is 20.1 Å². The van der Waals surface area contributed by atoms with Crippen molar-refractivity contribution < 1.29 is 35.9 Å². The maximum Gasteiger partial charge on any atom is 0.241 e. The Hall–Kier alpha value is -4.58. The number of primary sulfonamides is 2. The number of nitrogens with two attached hydrogens (primary N) is 2. The van der Waals surface area contributed by atoms with Gasteiger partial charge in [0.25, 0.3) is 0 Å². The van der Waals surface area contributed by atoms with Gasteiger partial charge >= 0.3 is 0 Å². The standard InChI is InChI=1S/2C20H15Cl3N2O4S/c21-13-4-2-5-15(10-13)29-17-8-7-14(11-18(17)30(24,27)28)25-19(26)9-12-3-1-6-16(22)20(12)23;21-12-3-1-4-14(9-12)29-18-8-7-13(10-19(18)30(24,27)28)25-20(26)11-15-16(22)5-2-6-17(15)23/h1-8,10-11H,9H2,(H,25,26)(H2,24,27,28);1-10H,11H2,(H,25,26)(H2,24,27,28). The minimum absolute atomic E-state index is 0.00403. The number of sulfonamides is 2. The van der Waals surface area contributed by atoms with E-state index < -0.39 is 31.9 Å². The molecule has 0 spiro atoms. The number of hydrogen-bond donors (Lipinski definition) is 4. The predicted molar refractivity (Wildman–Crippen MR) is 236 cm³/mol. The van der Waals surface area contributed by atoms with Gasteiger partial charge in [-0.3, -0.25) is 9.59 Å². The predicted octanol–water partition coefficient (Wildman–Crippen LogP) is 10.5. The first-order valence-electron chi connectivity index (χ1n) is 16.9. The highest BCUT2D eigenvalue weighted by atomic mass is 35.5. The number of nitrogens with one attached hydrogen (secondary N) is 2. The summed E-state index contributed by atoms with van der Waals surface area (Å²) in [6.07, 6.45) is -0.144. The fourth-order valence-electron chi connectivity index (χ4n) is 5.23. The molecule has 2 amide bonds. The van der Waals surface area contributed by atoms with E-state index in [0.29, 0.717) is 47.7 Å². The molecule has 0 radical (unpaired) electrons. The minimum atomic E-state index is -4.15. The van der Waals surface area contributed by atoms with Gasteiger partial charge in [-0.1, -0.05) is 99.9 Å². The number of halogens is 6. The van der Waals surface area contributed by atoms with Gasteiger partial charge in [-0.25, -0.2) is 27.1 Å². The maximum atomic E-state index is 12.4. The second kappa shape index (κ2) is 20.3. The highest BCUT2D eigenvalue weighted by molar-refractivity contribution is 7.89. The SMILES string of the molecule is NS(=O)(=O)c1cc(NC(=O)Cc2c(Cl)cccc2Cl)ccc1Oc1cccc(Cl)c1.NS(=O)(=O)c1cc(NC(=O)Cc2cccc(Cl)c2Cl)ccc1Oc1cccc(Cl)c1. The molecule has 12 nitrogen and oxygen atoms in total. The molecule has 0 saturated heterocycles. The van der Waals surface area contributed by atoms with Crippen LogP contribution in [0.15, 0.2) is 131 Å². The van der Waals surface area contributed by atoms with E-state index in [0.717, 1.165) is 0 Å². The highest BCUT2D eigenvalue weighted by Crippen LogP contribution is 2.34. The molecule has 0 atom stereocenters. The van der Waals surface area contributed by atoms with Crippen LogP contribution in [0, 0.1) is 0 Å². The molecule has 6 rings (SSSR count). The summed E-state index contributed by atoms with van der Waals surface area (Å²) < 4.78 is 59.4. The lowest BCUT2D eigenvalue weighted by Crippen LogP contribution is -2.17.